The highest BCUT2D eigenvalue weighted by molar-refractivity contribution is 14.1. The molecule has 0 aliphatic heterocycles. The van der Waals surface area contributed by atoms with Gasteiger partial charge in [-0.05, 0) is 65.4 Å². The van der Waals surface area contributed by atoms with Crippen molar-refractivity contribution < 1.29 is 0 Å². The van der Waals surface area contributed by atoms with E-state index in [-0.39, 0.29) is 0 Å². The van der Waals surface area contributed by atoms with Crippen LogP contribution in [0.25, 0.3) is 0 Å². The van der Waals surface area contributed by atoms with Crippen LogP contribution in [0, 0.1) is 10.5 Å². The van der Waals surface area contributed by atoms with Gasteiger partial charge >= 0.3 is 0 Å². The second-order valence-corrected chi connectivity index (χ2v) is 6.21. The predicted octanol–water partition coefficient (Wildman–Crippen LogP) is 3.85. The molecule has 0 saturated carbocycles. The summed E-state index contributed by atoms with van der Waals surface area (Å²) < 4.78 is 1.16. The minimum Gasteiger partial charge on any atom is -0.393 e. The van der Waals surface area contributed by atoms with Gasteiger partial charge in [-0.2, -0.15) is 0 Å². The van der Waals surface area contributed by atoms with E-state index in [1.165, 1.54) is 6.33 Å². The molecule has 0 aliphatic carbocycles. The molecule has 0 amide bonds. The van der Waals surface area contributed by atoms with Gasteiger partial charge in [0.05, 0.1) is 0 Å². The Morgan fingerprint density at radius 1 is 0.913 bits per heavy atom. The number of halogens is 1. The number of nitrogen functional groups attached to an aromatic ring is 1. The summed E-state index contributed by atoms with van der Waals surface area (Å²) in [5.41, 5.74) is 8.60. The summed E-state index contributed by atoms with van der Waals surface area (Å²) in [7, 11) is 0. The largest absolute Gasteiger partial charge is 0.393 e. The number of hydrogen-bond donors (Lipinski definition) is 3. The molecule has 0 radical (unpaired) electrons. The molecule has 2 aromatic heterocycles. The topological polar surface area (TPSA) is 88.8 Å². The normalized spacial score (nSPS) is 10.3. The maximum absolute atomic E-state index is 6.16. The van der Waals surface area contributed by atoms with Crippen molar-refractivity contribution in [3.05, 3.63) is 58.1 Å². The summed E-state index contributed by atoms with van der Waals surface area (Å²) in [6.45, 7) is 1.99. The van der Waals surface area contributed by atoms with Crippen LogP contribution in [0.3, 0.4) is 0 Å². The molecule has 0 atom stereocenters. The van der Waals surface area contributed by atoms with E-state index in [9.17, 15) is 0 Å². The van der Waals surface area contributed by atoms with Crippen LogP contribution in [0.4, 0.5) is 28.8 Å². The number of benzene rings is 1. The van der Waals surface area contributed by atoms with E-state index < -0.39 is 0 Å². The summed E-state index contributed by atoms with van der Waals surface area (Å²) >= 11 is 2.26. The molecular weight excluding hydrogens is 403 g/mol. The van der Waals surface area contributed by atoms with Crippen LogP contribution in [0.15, 0.2) is 48.9 Å². The van der Waals surface area contributed by atoms with Crippen LogP contribution in [-0.2, 0) is 0 Å². The number of aromatic nitrogens is 3. The number of pyridine rings is 1. The van der Waals surface area contributed by atoms with E-state index in [1.807, 2.05) is 43.3 Å². The lowest BCUT2D eigenvalue weighted by atomic mass is 10.3. The fourth-order valence-corrected chi connectivity index (χ4v) is 2.29. The van der Waals surface area contributed by atoms with Crippen molar-refractivity contribution in [2.75, 3.05) is 16.4 Å². The molecule has 6 nitrogen and oxygen atoms in total. The van der Waals surface area contributed by atoms with Gasteiger partial charge in [-0.3, -0.25) is 0 Å². The molecule has 23 heavy (non-hydrogen) atoms. The standard InChI is InChI=1S/C16H15IN6/c1-10-2-7-13(19-8-10)23-16-14(18)15(20-9-21-16)22-12-5-3-11(17)4-6-12/h2-9H,18H2,1H3,(H2,19,20,21,22,23). The van der Waals surface area contributed by atoms with Crippen LogP contribution in [0.2, 0.25) is 0 Å². The molecule has 3 rings (SSSR count). The van der Waals surface area contributed by atoms with E-state index in [1.54, 1.807) is 6.20 Å². The highest BCUT2D eigenvalue weighted by Gasteiger charge is 2.09. The SMILES string of the molecule is Cc1ccc(Nc2ncnc(Nc3ccc(I)cc3)c2N)nc1. The van der Waals surface area contributed by atoms with E-state index in [4.69, 9.17) is 5.73 Å². The highest BCUT2D eigenvalue weighted by Crippen LogP contribution is 2.27. The third kappa shape index (κ3) is 3.86. The maximum Gasteiger partial charge on any atom is 0.160 e. The van der Waals surface area contributed by atoms with E-state index in [2.05, 4.69) is 48.2 Å². The minimum atomic E-state index is 0.438. The molecule has 116 valence electrons. The highest BCUT2D eigenvalue weighted by atomic mass is 127. The first kappa shape index (κ1) is 15.5. The van der Waals surface area contributed by atoms with Gasteiger partial charge < -0.3 is 16.4 Å². The molecule has 1 aromatic carbocycles. The van der Waals surface area contributed by atoms with Gasteiger partial charge in [-0.1, -0.05) is 6.07 Å². The second-order valence-electron chi connectivity index (χ2n) is 4.96. The summed E-state index contributed by atoms with van der Waals surface area (Å²) in [5.74, 6) is 1.75. The van der Waals surface area contributed by atoms with Crippen LogP contribution in [-0.4, -0.2) is 15.0 Å². The average molecular weight is 418 g/mol. The van der Waals surface area contributed by atoms with E-state index >= 15 is 0 Å². The first-order valence-corrected chi connectivity index (χ1v) is 8.02. The number of hydrogen-bond acceptors (Lipinski definition) is 6. The maximum atomic E-state index is 6.16. The van der Waals surface area contributed by atoms with Crippen molar-refractivity contribution in [3.63, 3.8) is 0 Å². The Morgan fingerprint density at radius 2 is 1.61 bits per heavy atom. The summed E-state index contributed by atoms with van der Waals surface area (Å²) in [5, 5.41) is 6.30. The Hall–Kier alpha value is -2.42. The van der Waals surface area contributed by atoms with Crippen molar-refractivity contribution in [2.24, 2.45) is 0 Å². The van der Waals surface area contributed by atoms with Crippen molar-refractivity contribution >= 4 is 51.4 Å². The molecule has 0 aliphatic rings. The van der Waals surface area contributed by atoms with Gasteiger partial charge in [0.1, 0.15) is 17.8 Å². The zero-order chi connectivity index (χ0) is 16.2. The quantitative estimate of drug-likeness (QED) is 0.558. The number of nitrogens with zero attached hydrogens (tertiary/aromatic N) is 3. The lowest BCUT2D eigenvalue weighted by Crippen LogP contribution is -2.05. The number of anilines is 5. The third-order valence-corrected chi connectivity index (χ3v) is 3.87. The first-order chi connectivity index (χ1) is 11.1. The fraction of sp³-hybridized carbons (Fsp3) is 0.0625. The van der Waals surface area contributed by atoms with Crippen molar-refractivity contribution in [1.82, 2.24) is 15.0 Å². The van der Waals surface area contributed by atoms with Gasteiger partial charge in [0.25, 0.3) is 0 Å². The first-order valence-electron chi connectivity index (χ1n) is 6.94. The molecule has 2 heterocycles. The summed E-state index contributed by atoms with van der Waals surface area (Å²) in [6.07, 6.45) is 3.24. The monoisotopic (exact) mass is 418 g/mol. The van der Waals surface area contributed by atoms with E-state index in [0.29, 0.717) is 23.1 Å². The van der Waals surface area contributed by atoms with Crippen molar-refractivity contribution in [1.29, 1.82) is 0 Å². The van der Waals surface area contributed by atoms with Crippen molar-refractivity contribution in [3.8, 4) is 0 Å². The lowest BCUT2D eigenvalue weighted by Gasteiger charge is -2.12. The Morgan fingerprint density at radius 3 is 2.26 bits per heavy atom. The van der Waals surface area contributed by atoms with E-state index in [0.717, 1.165) is 14.8 Å². The van der Waals surface area contributed by atoms with Gasteiger partial charge in [0.2, 0.25) is 0 Å². The number of aryl methyl sites for hydroxylation is 1. The Labute approximate surface area is 147 Å². The fourth-order valence-electron chi connectivity index (χ4n) is 1.93. The average Bonchev–Trinajstić information content (AvgIpc) is 2.55. The predicted molar refractivity (Wildman–Crippen MR) is 101 cm³/mol. The molecular formula is C16H15IN6. The molecule has 4 N–H and O–H groups in total. The molecule has 0 unspecified atom stereocenters. The van der Waals surface area contributed by atoms with Crippen molar-refractivity contribution in [2.45, 2.75) is 6.92 Å². The number of nitrogens with two attached hydrogens (primary N) is 1. The van der Waals surface area contributed by atoms with Gasteiger partial charge in [0.15, 0.2) is 11.6 Å². The zero-order valence-electron chi connectivity index (χ0n) is 12.4. The Bertz CT molecular complexity index is 736. The molecule has 0 bridgehead atoms. The zero-order valence-corrected chi connectivity index (χ0v) is 14.6. The molecule has 0 spiro atoms. The lowest BCUT2D eigenvalue weighted by molar-refractivity contribution is 1.16. The molecule has 0 saturated heterocycles. The van der Waals surface area contributed by atoms with Gasteiger partial charge in [0, 0.05) is 15.5 Å². The van der Waals surface area contributed by atoms with Gasteiger partial charge in [-0.15, -0.1) is 0 Å². The third-order valence-electron chi connectivity index (χ3n) is 3.15. The summed E-state index contributed by atoms with van der Waals surface area (Å²) in [4.78, 5) is 12.7. The second kappa shape index (κ2) is 6.78. The Balaban J connectivity index is 1.83. The minimum absolute atomic E-state index is 0.438. The molecule has 3 aromatic rings. The number of rotatable bonds is 4. The Kier molecular flexibility index (Phi) is 4.56. The number of nitrogens with one attached hydrogen (secondary N) is 2. The smallest absolute Gasteiger partial charge is 0.160 e. The van der Waals surface area contributed by atoms with Crippen LogP contribution < -0.4 is 16.4 Å². The van der Waals surface area contributed by atoms with Crippen LogP contribution in [0.5, 0.6) is 0 Å². The van der Waals surface area contributed by atoms with Crippen LogP contribution >= 0.6 is 22.6 Å². The molecule has 0 fully saturated rings. The van der Waals surface area contributed by atoms with Crippen LogP contribution in [0.1, 0.15) is 5.56 Å². The van der Waals surface area contributed by atoms with Gasteiger partial charge in [-0.25, -0.2) is 15.0 Å². The molecule has 7 heteroatoms. The summed E-state index contributed by atoms with van der Waals surface area (Å²) in [6, 6.07) is 11.8.